The first kappa shape index (κ1) is 27.1. The van der Waals surface area contributed by atoms with Crippen molar-refractivity contribution in [1.29, 1.82) is 5.26 Å². The molecule has 1 heterocycles. The highest BCUT2D eigenvalue weighted by molar-refractivity contribution is 5.71. The summed E-state index contributed by atoms with van der Waals surface area (Å²) in [6.45, 7) is 9.30. The number of carbonyl (C=O) groups is 1. The van der Waals surface area contributed by atoms with Crippen LogP contribution < -0.4 is 4.74 Å². The van der Waals surface area contributed by atoms with Crippen molar-refractivity contribution in [2.24, 2.45) is 0 Å². The van der Waals surface area contributed by atoms with Crippen LogP contribution in [0.1, 0.15) is 70.2 Å². The summed E-state index contributed by atoms with van der Waals surface area (Å²) >= 11 is 0. The molecular formula is C29H34N4O5. The maximum Gasteiger partial charge on any atom is 0.410 e. The fourth-order valence-electron chi connectivity index (χ4n) is 4.72. The lowest BCUT2D eigenvalue weighted by Gasteiger charge is -2.37. The van der Waals surface area contributed by atoms with Gasteiger partial charge in [0.1, 0.15) is 17.4 Å². The lowest BCUT2D eigenvalue weighted by Crippen LogP contribution is -2.42. The molecule has 0 aliphatic heterocycles. The summed E-state index contributed by atoms with van der Waals surface area (Å²) in [6.07, 6.45) is 1.91. The number of nitriles is 1. The molecule has 200 valence electrons. The van der Waals surface area contributed by atoms with E-state index in [4.69, 9.17) is 14.0 Å². The van der Waals surface area contributed by atoms with Gasteiger partial charge in [0.2, 0.25) is 5.82 Å². The van der Waals surface area contributed by atoms with Crippen LogP contribution >= 0.6 is 0 Å². The smallest absolute Gasteiger partial charge is 0.410 e. The van der Waals surface area contributed by atoms with Crippen LogP contribution in [-0.2, 0) is 11.2 Å². The largest absolute Gasteiger partial charge is 0.490 e. The Bertz CT molecular complexity index is 1340. The molecule has 9 heteroatoms. The lowest BCUT2D eigenvalue weighted by molar-refractivity contribution is 0.0101. The molecule has 1 aliphatic rings. The molecule has 0 radical (unpaired) electrons. The quantitative estimate of drug-likeness (QED) is 0.425. The third-order valence-corrected chi connectivity index (χ3v) is 6.20. The van der Waals surface area contributed by atoms with Gasteiger partial charge in [-0.15, -0.1) is 0 Å². The number of hydrogen-bond donors (Lipinski definition) is 1. The van der Waals surface area contributed by atoms with Crippen LogP contribution in [0.3, 0.4) is 0 Å². The summed E-state index contributed by atoms with van der Waals surface area (Å²) in [5, 5.41) is 23.5. The monoisotopic (exact) mass is 518 g/mol. The van der Waals surface area contributed by atoms with E-state index in [-0.39, 0.29) is 25.3 Å². The highest BCUT2D eigenvalue weighted by Gasteiger charge is 2.33. The highest BCUT2D eigenvalue weighted by atomic mass is 16.6. The first-order valence-electron chi connectivity index (χ1n) is 12.9. The van der Waals surface area contributed by atoms with Crippen molar-refractivity contribution in [2.45, 2.75) is 71.6 Å². The van der Waals surface area contributed by atoms with Crippen LogP contribution in [0.2, 0.25) is 0 Å². The second-order valence-corrected chi connectivity index (χ2v) is 10.6. The van der Waals surface area contributed by atoms with E-state index in [1.165, 1.54) is 0 Å². The van der Waals surface area contributed by atoms with Crippen molar-refractivity contribution in [3.8, 4) is 34.7 Å². The highest BCUT2D eigenvalue weighted by Crippen LogP contribution is 2.39. The van der Waals surface area contributed by atoms with Crippen molar-refractivity contribution < 1.29 is 23.9 Å². The van der Waals surface area contributed by atoms with Crippen LogP contribution in [0.15, 0.2) is 40.9 Å². The van der Waals surface area contributed by atoms with Crippen LogP contribution in [0.5, 0.6) is 5.75 Å². The third-order valence-electron chi connectivity index (χ3n) is 6.20. The summed E-state index contributed by atoms with van der Waals surface area (Å²) < 4.78 is 16.9. The van der Waals surface area contributed by atoms with Gasteiger partial charge in [-0.1, -0.05) is 23.4 Å². The number of hydrogen-bond acceptors (Lipinski definition) is 8. The summed E-state index contributed by atoms with van der Waals surface area (Å²) in [4.78, 5) is 19.3. The number of rotatable bonds is 7. The van der Waals surface area contributed by atoms with E-state index in [0.29, 0.717) is 28.6 Å². The molecule has 38 heavy (non-hydrogen) atoms. The molecule has 2 aromatic carbocycles. The molecule has 1 amide bonds. The van der Waals surface area contributed by atoms with Gasteiger partial charge in [-0.3, -0.25) is 4.90 Å². The number of benzene rings is 2. The molecule has 4 rings (SSSR count). The Morgan fingerprint density at radius 3 is 2.76 bits per heavy atom. The van der Waals surface area contributed by atoms with E-state index in [2.05, 4.69) is 16.2 Å². The zero-order chi connectivity index (χ0) is 27.4. The average molecular weight is 519 g/mol. The van der Waals surface area contributed by atoms with E-state index >= 15 is 0 Å². The lowest BCUT2D eigenvalue weighted by atomic mass is 9.84. The number of aliphatic hydroxyl groups excluding tert-OH is 1. The molecular weight excluding hydrogens is 484 g/mol. The second-order valence-electron chi connectivity index (χ2n) is 10.6. The molecule has 1 N–H and O–H groups in total. The summed E-state index contributed by atoms with van der Waals surface area (Å²) in [6, 6.07) is 13.0. The van der Waals surface area contributed by atoms with Crippen molar-refractivity contribution in [3.63, 3.8) is 0 Å². The van der Waals surface area contributed by atoms with E-state index in [9.17, 15) is 15.2 Å². The molecule has 0 spiro atoms. The van der Waals surface area contributed by atoms with Gasteiger partial charge in [-0.25, -0.2) is 4.79 Å². The van der Waals surface area contributed by atoms with E-state index in [1.54, 1.807) is 23.1 Å². The summed E-state index contributed by atoms with van der Waals surface area (Å²) in [5.74, 6) is 1.24. The Kier molecular flexibility index (Phi) is 8.02. The number of aliphatic hydroxyl groups is 1. The minimum atomic E-state index is -0.643. The Morgan fingerprint density at radius 2 is 2.08 bits per heavy atom. The number of amides is 1. The normalized spacial score (nSPS) is 15.1. The molecule has 0 bridgehead atoms. The molecule has 1 aromatic heterocycles. The Labute approximate surface area is 223 Å². The van der Waals surface area contributed by atoms with Crippen molar-refractivity contribution >= 4 is 6.09 Å². The molecule has 9 nitrogen and oxygen atoms in total. The minimum absolute atomic E-state index is 0.0559. The standard InChI is InChI=1S/C29H34N4O5/c1-18(2)36-25-13-12-19(16-20(25)17-30)27-31-26(32-38-27)23-10-6-9-22-21(23)8-7-11-24(22)33(14-15-34)28(35)37-29(3,4)5/h6,9-10,12-13,16,18,24,34H,7-8,11,14-15H2,1-5H3/t24-/m0/s1. The van der Waals surface area contributed by atoms with E-state index < -0.39 is 11.7 Å². The molecule has 0 saturated heterocycles. The van der Waals surface area contributed by atoms with Crippen LogP contribution in [0.4, 0.5) is 4.79 Å². The van der Waals surface area contributed by atoms with Gasteiger partial charge in [-0.2, -0.15) is 10.2 Å². The molecule has 1 atom stereocenters. The minimum Gasteiger partial charge on any atom is -0.490 e. The number of aromatic nitrogens is 2. The molecule has 3 aromatic rings. The summed E-state index contributed by atoms with van der Waals surface area (Å²) in [7, 11) is 0. The third kappa shape index (κ3) is 5.97. The molecule has 1 aliphatic carbocycles. The predicted octanol–water partition coefficient (Wildman–Crippen LogP) is 5.67. The van der Waals surface area contributed by atoms with Gasteiger partial charge in [0.05, 0.1) is 24.3 Å². The Balaban J connectivity index is 1.67. The Morgan fingerprint density at radius 1 is 1.29 bits per heavy atom. The zero-order valence-electron chi connectivity index (χ0n) is 22.5. The van der Waals surface area contributed by atoms with Gasteiger partial charge in [0.25, 0.3) is 5.89 Å². The van der Waals surface area contributed by atoms with Gasteiger partial charge in [0, 0.05) is 17.7 Å². The van der Waals surface area contributed by atoms with Gasteiger partial charge in [0.15, 0.2) is 0 Å². The van der Waals surface area contributed by atoms with Gasteiger partial charge >= 0.3 is 6.09 Å². The van der Waals surface area contributed by atoms with Gasteiger partial charge < -0.3 is 19.1 Å². The topological polar surface area (TPSA) is 122 Å². The van der Waals surface area contributed by atoms with Crippen molar-refractivity contribution in [2.75, 3.05) is 13.2 Å². The van der Waals surface area contributed by atoms with Gasteiger partial charge in [-0.05, 0) is 83.2 Å². The van der Waals surface area contributed by atoms with Crippen molar-refractivity contribution in [3.05, 3.63) is 53.1 Å². The van der Waals surface area contributed by atoms with E-state index in [1.807, 2.05) is 52.8 Å². The maximum atomic E-state index is 13.0. The number of nitrogens with zero attached hydrogens (tertiary/aromatic N) is 4. The first-order valence-corrected chi connectivity index (χ1v) is 12.9. The second kappa shape index (κ2) is 11.2. The zero-order valence-corrected chi connectivity index (χ0v) is 22.5. The van der Waals surface area contributed by atoms with Crippen LogP contribution in [0.25, 0.3) is 22.8 Å². The van der Waals surface area contributed by atoms with Crippen molar-refractivity contribution in [1.82, 2.24) is 15.0 Å². The number of ether oxygens (including phenoxy) is 2. The molecule has 0 unspecified atom stereocenters. The van der Waals surface area contributed by atoms with Crippen LogP contribution in [-0.4, -0.2) is 51.1 Å². The maximum absolute atomic E-state index is 13.0. The number of carbonyl (C=O) groups excluding carboxylic acids is 1. The average Bonchev–Trinajstić information content (AvgIpc) is 3.35. The SMILES string of the molecule is CC(C)Oc1ccc(-c2nc(-c3cccc4c3CCC[C@@H]4N(CCO)C(=O)OC(C)(C)C)no2)cc1C#N. The van der Waals surface area contributed by atoms with Crippen LogP contribution in [0, 0.1) is 11.3 Å². The molecule has 0 fully saturated rings. The fraction of sp³-hybridized carbons (Fsp3) is 0.448. The predicted molar refractivity (Wildman–Crippen MR) is 141 cm³/mol. The fourth-order valence-corrected chi connectivity index (χ4v) is 4.72. The number of fused-ring (bicyclic) bond motifs is 1. The Hall–Kier alpha value is -3.90. The van der Waals surface area contributed by atoms with E-state index in [0.717, 1.165) is 36.0 Å². The molecule has 0 saturated carbocycles. The summed E-state index contributed by atoms with van der Waals surface area (Å²) in [5.41, 5.74) is 3.23. The first-order chi connectivity index (χ1) is 18.1.